The van der Waals surface area contributed by atoms with Gasteiger partial charge in [0.1, 0.15) is 0 Å². The topological polar surface area (TPSA) is 75.3 Å². The Kier molecular flexibility index (Phi) is 4.06. The van der Waals surface area contributed by atoms with Crippen molar-refractivity contribution in [2.24, 2.45) is 0 Å². The van der Waals surface area contributed by atoms with Crippen LogP contribution in [0.5, 0.6) is 0 Å². The zero-order valence-electron chi connectivity index (χ0n) is 11.2. The lowest BCUT2D eigenvalue weighted by molar-refractivity contribution is -0.114. The van der Waals surface area contributed by atoms with Gasteiger partial charge in [-0.1, -0.05) is 11.6 Å². The Morgan fingerprint density at radius 1 is 1.25 bits per heavy atom. The average molecular weight is 315 g/mol. The SMILES string of the molecule is CC1=C(Nc2cc(NS(C)(=O)=O)ccc2Cl)CCC1=O. The molecule has 0 saturated carbocycles. The number of Topliss-reactive ketones (excluding diaryl/α,β-unsaturated/α-hetero) is 1. The predicted molar refractivity (Wildman–Crippen MR) is 80.5 cm³/mol. The van der Waals surface area contributed by atoms with Crippen LogP contribution < -0.4 is 10.0 Å². The summed E-state index contributed by atoms with van der Waals surface area (Å²) in [6.07, 6.45) is 2.22. The first-order valence-corrected chi connectivity index (χ1v) is 8.30. The van der Waals surface area contributed by atoms with E-state index in [1.54, 1.807) is 25.1 Å². The number of halogens is 1. The minimum atomic E-state index is -3.34. The molecule has 0 atom stereocenters. The van der Waals surface area contributed by atoms with E-state index >= 15 is 0 Å². The number of anilines is 2. The number of rotatable bonds is 4. The molecule has 5 nitrogen and oxygen atoms in total. The Balaban J connectivity index is 2.28. The van der Waals surface area contributed by atoms with Crippen molar-refractivity contribution in [3.8, 4) is 0 Å². The van der Waals surface area contributed by atoms with Crippen LogP contribution in [0.4, 0.5) is 11.4 Å². The highest BCUT2D eigenvalue weighted by atomic mass is 35.5. The molecule has 1 aromatic rings. The van der Waals surface area contributed by atoms with E-state index in [0.717, 1.165) is 12.0 Å². The highest BCUT2D eigenvalue weighted by Gasteiger charge is 2.19. The van der Waals surface area contributed by atoms with Gasteiger partial charge in [0.2, 0.25) is 10.0 Å². The van der Waals surface area contributed by atoms with Gasteiger partial charge >= 0.3 is 0 Å². The lowest BCUT2D eigenvalue weighted by atomic mass is 10.2. The molecule has 0 radical (unpaired) electrons. The Bertz CT molecular complexity index is 696. The minimum absolute atomic E-state index is 0.119. The molecular formula is C13H15ClN2O3S. The normalized spacial score (nSPS) is 15.7. The zero-order chi connectivity index (χ0) is 14.9. The molecule has 0 heterocycles. The maximum atomic E-state index is 11.5. The van der Waals surface area contributed by atoms with Crippen LogP contribution in [0.2, 0.25) is 5.02 Å². The average Bonchev–Trinajstić information content (AvgIpc) is 2.63. The van der Waals surface area contributed by atoms with Crippen LogP contribution in [0.25, 0.3) is 0 Å². The quantitative estimate of drug-likeness (QED) is 0.896. The van der Waals surface area contributed by atoms with Crippen LogP contribution in [-0.2, 0) is 14.8 Å². The Labute approximate surface area is 123 Å². The molecule has 1 aliphatic carbocycles. The summed E-state index contributed by atoms with van der Waals surface area (Å²) in [5.74, 6) is 0.119. The van der Waals surface area contributed by atoms with E-state index in [4.69, 9.17) is 11.6 Å². The highest BCUT2D eigenvalue weighted by Crippen LogP contribution is 2.30. The van der Waals surface area contributed by atoms with Crippen molar-refractivity contribution in [2.45, 2.75) is 19.8 Å². The molecule has 0 unspecified atom stereocenters. The van der Waals surface area contributed by atoms with Crippen molar-refractivity contribution in [2.75, 3.05) is 16.3 Å². The van der Waals surface area contributed by atoms with Gasteiger partial charge in [0.05, 0.1) is 22.7 Å². The number of hydrogen-bond acceptors (Lipinski definition) is 4. The number of sulfonamides is 1. The first-order chi connectivity index (χ1) is 9.26. The van der Waals surface area contributed by atoms with Crippen LogP contribution in [0.3, 0.4) is 0 Å². The lowest BCUT2D eigenvalue weighted by Gasteiger charge is -2.12. The molecule has 0 saturated heterocycles. The first-order valence-electron chi connectivity index (χ1n) is 6.03. The molecule has 0 bridgehead atoms. The molecule has 20 heavy (non-hydrogen) atoms. The standard InChI is InChI=1S/C13H15ClN2O3S/c1-8-11(5-6-13(8)17)15-12-7-9(3-4-10(12)14)16-20(2,18)19/h3-4,7,15-16H,5-6H2,1-2H3. The molecule has 0 aromatic heterocycles. The third-order valence-electron chi connectivity index (χ3n) is 3.03. The fourth-order valence-electron chi connectivity index (χ4n) is 2.00. The molecule has 0 amide bonds. The van der Waals surface area contributed by atoms with Gasteiger partial charge in [0.25, 0.3) is 0 Å². The summed E-state index contributed by atoms with van der Waals surface area (Å²) in [5, 5.41) is 3.57. The van der Waals surface area contributed by atoms with E-state index in [1.165, 1.54) is 0 Å². The van der Waals surface area contributed by atoms with Gasteiger partial charge < -0.3 is 5.32 Å². The zero-order valence-corrected chi connectivity index (χ0v) is 12.7. The second-order valence-corrected chi connectivity index (χ2v) is 6.88. The van der Waals surface area contributed by atoms with E-state index in [-0.39, 0.29) is 5.78 Å². The lowest BCUT2D eigenvalue weighted by Crippen LogP contribution is -2.10. The number of carbonyl (C=O) groups excluding carboxylic acids is 1. The second kappa shape index (κ2) is 5.46. The van der Waals surface area contributed by atoms with E-state index in [1.807, 2.05) is 0 Å². The van der Waals surface area contributed by atoms with Crippen LogP contribution in [0, 0.1) is 0 Å². The van der Waals surface area contributed by atoms with Crippen molar-refractivity contribution < 1.29 is 13.2 Å². The van der Waals surface area contributed by atoms with Crippen molar-refractivity contribution in [1.82, 2.24) is 0 Å². The van der Waals surface area contributed by atoms with Crippen LogP contribution >= 0.6 is 11.6 Å². The van der Waals surface area contributed by atoms with Crippen molar-refractivity contribution in [3.05, 3.63) is 34.5 Å². The van der Waals surface area contributed by atoms with Gasteiger partial charge in [-0.2, -0.15) is 0 Å². The molecule has 0 aliphatic heterocycles. The predicted octanol–water partition coefficient (Wildman–Crippen LogP) is 2.76. The molecule has 1 aromatic carbocycles. The second-order valence-electron chi connectivity index (χ2n) is 4.72. The molecular weight excluding hydrogens is 300 g/mol. The summed E-state index contributed by atoms with van der Waals surface area (Å²) >= 11 is 6.08. The van der Waals surface area contributed by atoms with E-state index in [9.17, 15) is 13.2 Å². The number of benzene rings is 1. The molecule has 108 valence electrons. The molecule has 0 spiro atoms. The summed E-state index contributed by atoms with van der Waals surface area (Å²) in [4.78, 5) is 11.5. The highest BCUT2D eigenvalue weighted by molar-refractivity contribution is 7.92. The third kappa shape index (κ3) is 3.52. The molecule has 2 N–H and O–H groups in total. The smallest absolute Gasteiger partial charge is 0.229 e. The Morgan fingerprint density at radius 2 is 1.95 bits per heavy atom. The molecule has 0 fully saturated rings. The molecule has 1 aliphatic rings. The van der Waals surface area contributed by atoms with Gasteiger partial charge in [-0.3, -0.25) is 9.52 Å². The maximum Gasteiger partial charge on any atom is 0.229 e. The van der Waals surface area contributed by atoms with E-state index in [0.29, 0.717) is 34.8 Å². The largest absolute Gasteiger partial charge is 0.357 e. The maximum absolute atomic E-state index is 11.5. The minimum Gasteiger partial charge on any atom is -0.357 e. The first kappa shape index (κ1) is 14.9. The monoisotopic (exact) mass is 314 g/mol. The fourth-order valence-corrected chi connectivity index (χ4v) is 2.72. The van der Waals surface area contributed by atoms with Gasteiger partial charge in [-0.25, -0.2) is 8.42 Å². The van der Waals surface area contributed by atoms with Gasteiger partial charge in [0.15, 0.2) is 5.78 Å². The van der Waals surface area contributed by atoms with Gasteiger partial charge in [-0.05, 0) is 31.5 Å². The summed E-state index contributed by atoms with van der Waals surface area (Å²) in [6.45, 7) is 1.77. The van der Waals surface area contributed by atoms with E-state index in [2.05, 4.69) is 10.0 Å². The van der Waals surface area contributed by atoms with Crippen molar-refractivity contribution in [1.29, 1.82) is 0 Å². The van der Waals surface area contributed by atoms with Crippen LogP contribution in [0.15, 0.2) is 29.5 Å². The van der Waals surface area contributed by atoms with Gasteiger partial charge in [-0.15, -0.1) is 0 Å². The summed E-state index contributed by atoms with van der Waals surface area (Å²) < 4.78 is 24.8. The number of allylic oxidation sites excluding steroid dienone is 2. The fraction of sp³-hybridized carbons (Fsp3) is 0.308. The Hall–Kier alpha value is -1.53. The molecule has 2 rings (SSSR count). The summed E-state index contributed by atoms with van der Waals surface area (Å²) in [6, 6.07) is 4.78. The number of hydrogen-bond donors (Lipinski definition) is 2. The third-order valence-corrected chi connectivity index (χ3v) is 3.96. The Morgan fingerprint density at radius 3 is 2.50 bits per heavy atom. The number of nitrogens with one attached hydrogen (secondary N) is 2. The molecule has 7 heteroatoms. The van der Waals surface area contributed by atoms with Gasteiger partial charge in [0, 0.05) is 17.7 Å². The van der Waals surface area contributed by atoms with Crippen molar-refractivity contribution >= 4 is 38.8 Å². The van der Waals surface area contributed by atoms with Crippen molar-refractivity contribution in [3.63, 3.8) is 0 Å². The van der Waals surface area contributed by atoms with E-state index < -0.39 is 10.0 Å². The van der Waals surface area contributed by atoms with Crippen LogP contribution in [0.1, 0.15) is 19.8 Å². The number of carbonyl (C=O) groups is 1. The summed E-state index contributed by atoms with van der Waals surface area (Å²) in [5.41, 5.74) is 2.52. The summed E-state index contributed by atoms with van der Waals surface area (Å²) in [7, 11) is -3.34. The van der Waals surface area contributed by atoms with Crippen LogP contribution in [-0.4, -0.2) is 20.5 Å². The number of ketones is 1.